The van der Waals surface area contributed by atoms with Gasteiger partial charge >= 0.3 is 0 Å². The first-order chi connectivity index (χ1) is 14.5. The van der Waals surface area contributed by atoms with Crippen LogP contribution in [0.1, 0.15) is 15.9 Å². The Morgan fingerprint density at radius 3 is 2.53 bits per heavy atom. The third-order valence-electron chi connectivity index (χ3n) is 4.48. The van der Waals surface area contributed by atoms with E-state index in [0.717, 1.165) is 0 Å². The molecule has 0 spiro atoms. The summed E-state index contributed by atoms with van der Waals surface area (Å²) in [7, 11) is 0. The normalized spacial score (nSPS) is 11.1. The first kappa shape index (κ1) is 19.1. The zero-order chi connectivity index (χ0) is 21.1. The number of hydrogen-bond acceptors (Lipinski definition) is 5. The van der Waals surface area contributed by atoms with Crippen LogP contribution in [0.15, 0.2) is 77.9 Å². The molecular formula is C23H16FN3O3. The highest BCUT2D eigenvalue weighted by atomic mass is 19.1. The Kier molecular flexibility index (Phi) is 5.09. The van der Waals surface area contributed by atoms with Gasteiger partial charge in [0.2, 0.25) is 0 Å². The van der Waals surface area contributed by atoms with Crippen molar-refractivity contribution in [1.82, 2.24) is 10.4 Å². The number of pyridine rings is 1. The van der Waals surface area contributed by atoms with Gasteiger partial charge in [0.15, 0.2) is 0 Å². The lowest BCUT2D eigenvalue weighted by atomic mass is 10.0. The molecule has 0 aliphatic heterocycles. The molecule has 30 heavy (non-hydrogen) atoms. The maximum Gasteiger partial charge on any atom is 0.272 e. The topological polar surface area (TPSA) is 94.8 Å². The molecule has 148 valence electrons. The van der Waals surface area contributed by atoms with Gasteiger partial charge in [-0.05, 0) is 48.5 Å². The van der Waals surface area contributed by atoms with Gasteiger partial charge in [-0.15, -0.1) is 0 Å². The lowest BCUT2D eigenvalue weighted by Crippen LogP contribution is -2.18. The minimum Gasteiger partial charge on any atom is -0.508 e. The summed E-state index contributed by atoms with van der Waals surface area (Å²) in [6.45, 7) is 0. The number of halogens is 1. The molecule has 6 nitrogen and oxygen atoms in total. The predicted molar refractivity (Wildman–Crippen MR) is 112 cm³/mol. The molecule has 0 radical (unpaired) electrons. The molecule has 1 heterocycles. The van der Waals surface area contributed by atoms with Gasteiger partial charge in [0.1, 0.15) is 17.3 Å². The number of phenolic OH excluding ortho intramolecular Hbond substituents is 2. The van der Waals surface area contributed by atoms with Gasteiger partial charge in [-0.25, -0.2) is 14.8 Å². The number of hydrazone groups is 1. The minimum absolute atomic E-state index is 0.0785. The van der Waals surface area contributed by atoms with Gasteiger partial charge < -0.3 is 10.2 Å². The van der Waals surface area contributed by atoms with Crippen molar-refractivity contribution in [2.75, 3.05) is 0 Å². The number of nitrogens with zero attached hydrogens (tertiary/aromatic N) is 2. The molecule has 0 bridgehead atoms. The van der Waals surface area contributed by atoms with Gasteiger partial charge in [0.05, 0.1) is 23.0 Å². The second kappa shape index (κ2) is 8.00. The molecular weight excluding hydrogens is 385 g/mol. The Hall–Kier alpha value is -4.26. The zero-order valence-electron chi connectivity index (χ0n) is 15.6. The number of amides is 1. The number of benzene rings is 3. The Balaban J connectivity index is 1.67. The van der Waals surface area contributed by atoms with Gasteiger partial charge in [-0.3, -0.25) is 4.79 Å². The molecule has 7 heteroatoms. The number of phenols is 2. The van der Waals surface area contributed by atoms with Gasteiger partial charge in [-0.1, -0.05) is 18.2 Å². The number of aromatic hydroxyl groups is 2. The third-order valence-corrected chi connectivity index (χ3v) is 4.48. The van der Waals surface area contributed by atoms with E-state index in [-0.39, 0.29) is 17.3 Å². The lowest BCUT2D eigenvalue weighted by Gasteiger charge is -2.09. The Morgan fingerprint density at radius 1 is 1.00 bits per heavy atom. The molecule has 1 amide bonds. The molecule has 4 aromatic rings. The van der Waals surface area contributed by atoms with Crippen molar-refractivity contribution >= 4 is 23.0 Å². The summed E-state index contributed by atoms with van der Waals surface area (Å²) in [6.07, 6.45) is 1.27. The Labute approximate surface area is 171 Å². The summed E-state index contributed by atoms with van der Waals surface area (Å²) in [5.41, 5.74) is 4.94. The summed E-state index contributed by atoms with van der Waals surface area (Å²) >= 11 is 0. The van der Waals surface area contributed by atoms with Crippen LogP contribution in [0.3, 0.4) is 0 Å². The molecule has 0 saturated carbocycles. The highest BCUT2D eigenvalue weighted by Gasteiger charge is 2.13. The number of carbonyl (C=O) groups is 1. The molecule has 3 N–H and O–H groups in total. The largest absolute Gasteiger partial charge is 0.508 e. The standard InChI is InChI=1S/C23H16FN3O3/c24-16-8-5-14(6-9-16)21-12-19(18-3-1-2-4-20(18)26-21)23(30)27-25-13-15-7-10-17(28)11-22(15)29/h1-13,28-29H,(H,27,30). The van der Waals surface area contributed by atoms with Crippen molar-refractivity contribution in [1.29, 1.82) is 0 Å². The smallest absolute Gasteiger partial charge is 0.272 e. The van der Waals surface area contributed by atoms with E-state index in [1.54, 1.807) is 36.4 Å². The number of rotatable bonds is 4. The fraction of sp³-hybridized carbons (Fsp3) is 0. The van der Waals surface area contributed by atoms with Crippen LogP contribution in [0.5, 0.6) is 11.5 Å². The van der Waals surface area contributed by atoms with E-state index in [0.29, 0.717) is 33.3 Å². The number of carbonyl (C=O) groups excluding carboxylic acids is 1. The van der Waals surface area contributed by atoms with Crippen LogP contribution >= 0.6 is 0 Å². The molecule has 3 aromatic carbocycles. The van der Waals surface area contributed by atoms with Crippen LogP contribution in [0, 0.1) is 5.82 Å². The lowest BCUT2D eigenvalue weighted by molar-refractivity contribution is 0.0956. The van der Waals surface area contributed by atoms with Crippen LogP contribution in [0.25, 0.3) is 22.2 Å². The van der Waals surface area contributed by atoms with Crippen molar-refractivity contribution in [3.8, 4) is 22.8 Å². The van der Waals surface area contributed by atoms with Crippen molar-refractivity contribution in [2.24, 2.45) is 5.10 Å². The number of hydrogen-bond donors (Lipinski definition) is 3. The van der Waals surface area contributed by atoms with E-state index in [9.17, 15) is 19.4 Å². The monoisotopic (exact) mass is 401 g/mol. The SMILES string of the molecule is O=C(NN=Cc1ccc(O)cc1O)c1cc(-c2ccc(F)cc2)nc2ccccc12. The molecule has 0 atom stereocenters. The van der Waals surface area contributed by atoms with Crippen molar-refractivity contribution < 1.29 is 19.4 Å². The fourth-order valence-corrected chi connectivity index (χ4v) is 2.99. The first-order valence-electron chi connectivity index (χ1n) is 9.02. The number of fused-ring (bicyclic) bond motifs is 1. The van der Waals surface area contributed by atoms with E-state index in [1.165, 1.54) is 36.5 Å². The Bertz CT molecular complexity index is 1270. The second-order valence-corrected chi connectivity index (χ2v) is 6.52. The first-order valence-corrected chi connectivity index (χ1v) is 9.02. The second-order valence-electron chi connectivity index (χ2n) is 6.52. The van der Waals surface area contributed by atoms with Crippen LogP contribution < -0.4 is 5.43 Å². The van der Waals surface area contributed by atoms with Crippen LogP contribution in [0.2, 0.25) is 0 Å². The summed E-state index contributed by atoms with van der Waals surface area (Å²) in [6, 6.07) is 18.7. The number of nitrogens with one attached hydrogen (secondary N) is 1. The van der Waals surface area contributed by atoms with Crippen LogP contribution in [0.4, 0.5) is 4.39 Å². The summed E-state index contributed by atoms with van der Waals surface area (Å²) in [5.74, 6) is -1.07. The fourth-order valence-electron chi connectivity index (χ4n) is 2.99. The van der Waals surface area contributed by atoms with E-state index in [1.807, 2.05) is 6.07 Å². The maximum atomic E-state index is 13.3. The summed E-state index contributed by atoms with van der Waals surface area (Å²) in [5, 5.41) is 23.7. The molecule has 0 aliphatic rings. The zero-order valence-corrected chi connectivity index (χ0v) is 15.6. The summed E-state index contributed by atoms with van der Waals surface area (Å²) in [4.78, 5) is 17.4. The predicted octanol–water partition coefficient (Wildman–Crippen LogP) is 4.22. The molecule has 0 fully saturated rings. The average molecular weight is 401 g/mol. The van der Waals surface area contributed by atoms with Gasteiger partial charge in [0, 0.05) is 22.6 Å². The van der Waals surface area contributed by atoms with Crippen molar-refractivity contribution in [3.05, 3.63) is 89.7 Å². The number of aromatic nitrogens is 1. The molecule has 0 unspecified atom stereocenters. The quantitative estimate of drug-likeness (QED) is 0.353. The van der Waals surface area contributed by atoms with Gasteiger partial charge in [-0.2, -0.15) is 5.10 Å². The minimum atomic E-state index is -0.466. The highest BCUT2D eigenvalue weighted by Crippen LogP contribution is 2.25. The molecule has 0 saturated heterocycles. The maximum absolute atomic E-state index is 13.3. The van der Waals surface area contributed by atoms with Crippen molar-refractivity contribution in [2.45, 2.75) is 0 Å². The van der Waals surface area contributed by atoms with Gasteiger partial charge in [0.25, 0.3) is 5.91 Å². The van der Waals surface area contributed by atoms with E-state index in [2.05, 4.69) is 15.5 Å². The summed E-state index contributed by atoms with van der Waals surface area (Å²) < 4.78 is 13.3. The highest BCUT2D eigenvalue weighted by molar-refractivity contribution is 6.07. The third kappa shape index (κ3) is 3.95. The number of para-hydroxylation sites is 1. The van der Waals surface area contributed by atoms with E-state index < -0.39 is 5.91 Å². The van der Waals surface area contributed by atoms with Crippen LogP contribution in [-0.4, -0.2) is 27.3 Å². The molecule has 1 aromatic heterocycles. The molecule has 0 aliphatic carbocycles. The average Bonchev–Trinajstić information content (AvgIpc) is 2.75. The van der Waals surface area contributed by atoms with E-state index >= 15 is 0 Å². The Morgan fingerprint density at radius 2 is 1.77 bits per heavy atom. The van der Waals surface area contributed by atoms with E-state index in [4.69, 9.17) is 0 Å². The van der Waals surface area contributed by atoms with Crippen LogP contribution in [-0.2, 0) is 0 Å². The van der Waals surface area contributed by atoms with Crippen molar-refractivity contribution in [3.63, 3.8) is 0 Å². The molecule has 4 rings (SSSR count).